The van der Waals surface area contributed by atoms with Crippen LogP contribution in [0.15, 0.2) is 72.9 Å². The summed E-state index contributed by atoms with van der Waals surface area (Å²) in [5.74, 6) is 1.12. The molecular formula is C26H24ClN3O2. The molecule has 0 atom stereocenters. The van der Waals surface area contributed by atoms with Crippen LogP contribution in [-0.4, -0.2) is 22.0 Å². The lowest BCUT2D eigenvalue weighted by Crippen LogP contribution is -2.15. The number of imidazole rings is 1. The molecule has 0 unspecified atom stereocenters. The van der Waals surface area contributed by atoms with Crippen LogP contribution in [0.25, 0.3) is 22.6 Å². The fourth-order valence-electron chi connectivity index (χ4n) is 3.45. The normalized spacial score (nSPS) is 10.9. The number of anilines is 1. The van der Waals surface area contributed by atoms with Crippen molar-refractivity contribution in [3.63, 3.8) is 0 Å². The highest BCUT2D eigenvalue weighted by Crippen LogP contribution is 2.31. The van der Waals surface area contributed by atoms with Gasteiger partial charge < -0.3 is 15.0 Å². The highest BCUT2D eigenvalue weighted by molar-refractivity contribution is 6.33. The van der Waals surface area contributed by atoms with Crippen molar-refractivity contribution < 1.29 is 9.53 Å². The van der Waals surface area contributed by atoms with Gasteiger partial charge in [-0.2, -0.15) is 0 Å². The summed E-state index contributed by atoms with van der Waals surface area (Å²) >= 11 is 6.44. The Morgan fingerprint density at radius 1 is 1.06 bits per heavy atom. The fraction of sp³-hybridized carbons (Fsp3) is 0.154. The van der Waals surface area contributed by atoms with Gasteiger partial charge in [-0.15, -0.1) is 0 Å². The molecule has 0 radical (unpaired) electrons. The molecule has 162 valence electrons. The molecule has 1 heterocycles. The van der Waals surface area contributed by atoms with Gasteiger partial charge in [0.05, 0.1) is 23.0 Å². The minimum absolute atomic E-state index is 0.0277. The summed E-state index contributed by atoms with van der Waals surface area (Å²) in [6.07, 6.45) is 1.80. The third-order valence-electron chi connectivity index (χ3n) is 5.03. The first kappa shape index (κ1) is 21.7. The van der Waals surface area contributed by atoms with E-state index < -0.39 is 0 Å². The Morgan fingerprint density at radius 2 is 1.84 bits per heavy atom. The van der Waals surface area contributed by atoms with Crippen LogP contribution in [0.3, 0.4) is 0 Å². The minimum Gasteiger partial charge on any atom is -0.491 e. The molecular weight excluding hydrogens is 422 g/mol. The average molecular weight is 446 g/mol. The molecule has 0 bridgehead atoms. The number of hydrogen-bond donors (Lipinski definition) is 2. The van der Waals surface area contributed by atoms with Crippen LogP contribution in [0.4, 0.5) is 5.69 Å². The Balaban J connectivity index is 1.59. The molecule has 0 fully saturated rings. The molecule has 1 aromatic heterocycles. The Hall–Kier alpha value is -3.57. The van der Waals surface area contributed by atoms with Gasteiger partial charge in [-0.05, 0) is 56.7 Å². The predicted octanol–water partition coefficient (Wildman–Crippen LogP) is 6.75. The van der Waals surface area contributed by atoms with E-state index in [0.29, 0.717) is 33.4 Å². The summed E-state index contributed by atoms with van der Waals surface area (Å²) in [6, 6.07) is 20.8. The fourth-order valence-corrected chi connectivity index (χ4v) is 3.65. The molecule has 0 aliphatic rings. The van der Waals surface area contributed by atoms with E-state index in [1.165, 1.54) is 0 Å². The first-order chi connectivity index (χ1) is 15.4. The lowest BCUT2D eigenvalue weighted by molar-refractivity contribution is 0.102. The second kappa shape index (κ2) is 9.28. The molecule has 5 nitrogen and oxygen atoms in total. The third kappa shape index (κ3) is 4.68. The zero-order chi connectivity index (χ0) is 22.7. The standard InChI is InChI=1S/C26H24ClN3O2/c1-16(2)32-24-11-7-10-20(17(24)3)26(31)29-19-12-13-22(27)21(14-19)25-28-15-23(30-25)18-8-5-4-6-9-18/h4-16H,1-3H3,(H,28,30)(H,29,31). The van der Waals surface area contributed by atoms with Gasteiger partial charge >= 0.3 is 0 Å². The molecule has 0 saturated heterocycles. The van der Waals surface area contributed by atoms with E-state index in [0.717, 1.165) is 16.8 Å². The van der Waals surface area contributed by atoms with Crippen LogP contribution in [0.5, 0.6) is 5.75 Å². The van der Waals surface area contributed by atoms with Gasteiger partial charge in [0, 0.05) is 22.4 Å². The predicted molar refractivity (Wildman–Crippen MR) is 129 cm³/mol. The smallest absolute Gasteiger partial charge is 0.256 e. The second-order valence-corrected chi connectivity index (χ2v) is 8.16. The van der Waals surface area contributed by atoms with Gasteiger partial charge in [-0.25, -0.2) is 4.98 Å². The number of halogens is 1. The number of carbonyl (C=O) groups excluding carboxylic acids is 1. The van der Waals surface area contributed by atoms with Crippen LogP contribution in [0.2, 0.25) is 5.02 Å². The maximum atomic E-state index is 13.0. The molecule has 3 aromatic carbocycles. The van der Waals surface area contributed by atoms with Crippen LogP contribution in [-0.2, 0) is 0 Å². The molecule has 4 rings (SSSR count). The van der Waals surface area contributed by atoms with E-state index in [-0.39, 0.29) is 12.0 Å². The Kier molecular flexibility index (Phi) is 6.28. The van der Waals surface area contributed by atoms with Crippen molar-refractivity contribution in [2.24, 2.45) is 0 Å². The number of nitrogens with zero attached hydrogens (tertiary/aromatic N) is 1. The van der Waals surface area contributed by atoms with E-state index >= 15 is 0 Å². The lowest BCUT2D eigenvalue weighted by Gasteiger charge is -2.15. The molecule has 6 heteroatoms. The number of carbonyl (C=O) groups is 1. The van der Waals surface area contributed by atoms with Gasteiger partial charge in [-0.1, -0.05) is 48.0 Å². The van der Waals surface area contributed by atoms with E-state index in [1.807, 2.05) is 69.3 Å². The van der Waals surface area contributed by atoms with Crippen molar-refractivity contribution in [3.8, 4) is 28.4 Å². The Bertz CT molecular complexity index is 1250. The molecule has 32 heavy (non-hydrogen) atoms. The number of aromatic amines is 1. The van der Waals surface area contributed by atoms with Crippen molar-refractivity contribution in [1.29, 1.82) is 0 Å². The summed E-state index contributed by atoms with van der Waals surface area (Å²) in [5, 5.41) is 3.50. The van der Waals surface area contributed by atoms with Crippen molar-refractivity contribution in [1.82, 2.24) is 9.97 Å². The van der Waals surface area contributed by atoms with Crippen molar-refractivity contribution >= 4 is 23.2 Å². The topological polar surface area (TPSA) is 67.0 Å². The number of rotatable bonds is 6. The maximum Gasteiger partial charge on any atom is 0.256 e. The zero-order valence-corrected chi connectivity index (χ0v) is 18.9. The number of hydrogen-bond acceptors (Lipinski definition) is 3. The minimum atomic E-state index is -0.214. The van der Waals surface area contributed by atoms with Crippen LogP contribution < -0.4 is 10.1 Å². The number of amides is 1. The van der Waals surface area contributed by atoms with Crippen molar-refractivity contribution in [2.75, 3.05) is 5.32 Å². The zero-order valence-electron chi connectivity index (χ0n) is 18.1. The quantitative estimate of drug-likeness (QED) is 0.345. The highest BCUT2D eigenvalue weighted by atomic mass is 35.5. The number of benzene rings is 3. The molecule has 1 amide bonds. The number of nitrogens with one attached hydrogen (secondary N) is 2. The van der Waals surface area contributed by atoms with Gasteiger partial charge in [0.1, 0.15) is 11.6 Å². The largest absolute Gasteiger partial charge is 0.491 e. The number of ether oxygens (including phenoxy) is 1. The monoisotopic (exact) mass is 445 g/mol. The molecule has 0 aliphatic heterocycles. The van der Waals surface area contributed by atoms with E-state index in [4.69, 9.17) is 16.3 Å². The van der Waals surface area contributed by atoms with E-state index in [2.05, 4.69) is 15.3 Å². The van der Waals surface area contributed by atoms with Gasteiger partial charge in [-0.3, -0.25) is 4.79 Å². The maximum absolute atomic E-state index is 13.0. The molecule has 0 saturated carbocycles. The SMILES string of the molecule is Cc1c(OC(C)C)cccc1C(=O)Nc1ccc(Cl)c(-c2ncc(-c3ccccc3)[nH]2)c1. The Labute approximate surface area is 192 Å². The molecule has 4 aromatic rings. The Morgan fingerprint density at radius 3 is 2.59 bits per heavy atom. The first-order valence-electron chi connectivity index (χ1n) is 10.4. The van der Waals surface area contributed by atoms with E-state index in [9.17, 15) is 4.79 Å². The molecule has 2 N–H and O–H groups in total. The third-order valence-corrected chi connectivity index (χ3v) is 5.36. The van der Waals surface area contributed by atoms with Crippen LogP contribution >= 0.6 is 11.6 Å². The van der Waals surface area contributed by atoms with Crippen LogP contribution in [0.1, 0.15) is 29.8 Å². The van der Waals surface area contributed by atoms with Crippen molar-refractivity contribution in [2.45, 2.75) is 26.9 Å². The summed E-state index contributed by atoms with van der Waals surface area (Å²) in [5.41, 5.74) is 4.62. The van der Waals surface area contributed by atoms with Crippen molar-refractivity contribution in [3.05, 3.63) is 89.1 Å². The summed E-state index contributed by atoms with van der Waals surface area (Å²) in [6.45, 7) is 5.80. The van der Waals surface area contributed by atoms with Gasteiger partial charge in [0.2, 0.25) is 0 Å². The molecule has 0 aliphatic carbocycles. The number of H-pyrrole nitrogens is 1. The van der Waals surface area contributed by atoms with Crippen LogP contribution in [0, 0.1) is 6.92 Å². The summed E-state index contributed by atoms with van der Waals surface area (Å²) in [4.78, 5) is 20.8. The number of aromatic nitrogens is 2. The summed E-state index contributed by atoms with van der Waals surface area (Å²) < 4.78 is 5.81. The second-order valence-electron chi connectivity index (χ2n) is 7.76. The average Bonchev–Trinajstić information content (AvgIpc) is 3.27. The molecule has 0 spiro atoms. The van der Waals surface area contributed by atoms with E-state index in [1.54, 1.807) is 24.4 Å². The van der Waals surface area contributed by atoms with Gasteiger partial charge in [0.25, 0.3) is 5.91 Å². The van der Waals surface area contributed by atoms with Gasteiger partial charge in [0.15, 0.2) is 0 Å². The lowest BCUT2D eigenvalue weighted by atomic mass is 10.1. The first-order valence-corrected chi connectivity index (χ1v) is 10.8. The summed E-state index contributed by atoms with van der Waals surface area (Å²) in [7, 11) is 0. The highest BCUT2D eigenvalue weighted by Gasteiger charge is 2.15.